The van der Waals surface area contributed by atoms with Gasteiger partial charge >= 0.3 is 6.09 Å². The van der Waals surface area contributed by atoms with E-state index in [1.807, 2.05) is 43.3 Å². The highest BCUT2D eigenvalue weighted by molar-refractivity contribution is 6.04. The van der Waals surface area contributed by atoms with Crippen LogP contribution in [-0.2, 0) is 7.05 Å². The van der Waals surface area contributed by atoms with Crippen molar-refractivity contribution < 1.29 is 14.3 Å². The van der Waals surface area contributed by atoms with Crippen molar-refractivity contribution in [1.82, 2.24) is 19.0 Å². The highest BCUT2D eigenvalue weighted by Crippen LogP contribution is 2.33. The van der Waals surface area contributed by atoms with Gasteiger partial charge in [0.2, 0.25) is 5.62 Å². The van der Waals surface area contributed by atoms with E-state index in [0.29, 0.717) is 33.4 Å². The Morgan fingerprint density at radius 1 is 1.02 bits per heavy atom. The molecule has 0 saturated carbocycles. The van der Waals surface area contributed by atoms with Crippen LogP contribution in [0.15, 0.2) is 65.8 Å². The number of nitriles is 1. The molecule has 0 bridgehead atoms. The van der Waals surface area contributed by atoms with E-state index < -0.39 is 6.09 Å². The number of nitrogens with zero attached hydrogens (tertiary/aromatic N) is 7. The van der Waals surface area contributed by atoms with E-state index in [0.717, 1.165) is 48.4 Å². The van der Waals surface area contributed by atoms with Crippen LogP contribution in [-0.4, -0.2) is 63.4 Å². The van der Waals surface area contributed by atoms with Crippen LogP contribution in [0.5, 0.6) is 0 Å². The van der Waals surface area contributed by atoms with Gasteiger partial charge in [-0.15, -0.1) is 4.99 Å². The number of likely N-dealkylation sites (N-methyl/N-ethyl adjacent to an activating group) is 1. The number of aromatic nitrogens is 3. The van der Waals surface area contributed by atoms with Crippen LogP contribution in [0, 0.1) is 24.1 Å². The fourth-order valence-electron chi connectivity index (χ4n) is 5.61. The molecule has 1 aliphatic rings. The van der Waals surface area contributed by atoms with Gasteiger partial charge in [-0.25, -0.2) is 9.18 Å². The highest BCUT2D eigenvalue weighted by atomic mass is 19.1. The van der Waals surface area contributed by atoms with Crippen molar-refractivity contribution in [1.29, 1.82) is 5.26 Å². The van der Waals surface area contributed by atoms with Crippen molar-refractivity contribution in [3.8, 4) is 22.9 Å². The first-order valence-corrected chi connectivity index (χ1v) is 13.3. The molecular weight excluding hydrogens is 521 g/mol. The second-order valence-electron chi connectivity index (χ2n) is 10.4. The summed E-state index contributed by atoms with van der Waals surface area (Å²) in [6.07, 6.45) is 0.352. The molecule has 1 N–H and O–H groups in total. The number of rotatable bonds is 3. The van der Waals surface area contributed by atoms with Gasteiger partial charge in [-0.1, -0.05) is 18.2 Å². The van der Waals surface area contributed by atoms with Crippen LogP contribution in [0.25, 0.3) is 38.8 Å². The summed E-state index contributed by atoms with van der Waals surface area (Å²) in [6.45, 7) is 5.37. The third-order valence-corrected chi connectivity index (χ3v) is 7.78. The molecule has 206 valence electrons. The Morgan fingerprint density at radius 3 is 2.49 bits per heavy atom. The lowest BCUT2D eigenvalue weighted by atomic mass is 10.0. The van der Waals surface area contributed by atoms with Crippen LogP contribution < -0.4 is 10.5 Å². The minimum atomic E-state index is -1.34. The number of hydrogen-bond acceptors (Lipinski definition) is 5. The topological polar surface area (TPSA) is 103 Å². The Hall–Kier alpha value is -5.01. The number of piperazine rings is 1. The fraction of sp³-hybridized carbons (Fsp3) is 0.226. The number of amides is 1. The molecule has 1 fully saturated rings. The van der Waals surface area contributed by atoms with Gasteiger partial charge in [0.25, 0.3) is 0 Å². The maximum absolute atomic E-state index is 14.1. The lowest BCUT2D eigenvalue weighted by Crippen LogP contribution is -2.44. The number of benzene rings is 3. The van der Waals surface area contributed by atoms with E-state index in [1.165, 1.54) is 12.1 Å². The van der Waals surface area contributed by atoms with E-state index in [9.17, 15) is 19.6 Å². The molecule has 5 aromatic rings. The lowest BCUT2D eigenvalue weighted by molar-refractivity contribution is 0.204. The SMILES string of the molecule is Cc1cc(N2CCN(C)CC2)c(C#N)cc1-n1/c(=N/C(=O)O)n(C)c2cnc3ccc(-c4cccc(F)c4)cc3c21. The lowest BCUT2D eigenvalue weighted by Gasteiger charge is -2.34. The highest BCUT2D eigenvalue weighted by Gasteiger charge is 2.22. The summed E-state index contributed by atoms with van der Waals surface area (Å²) in [5.41, 5.74) is 6.59. The zero-order valence-electron chi connectivity index (χ0n) is 23.0. The molecule has 0 unspecified atom stereocenters. The maximum Gasteiger partial charge on any atom is 0.434 e. The van der Waals surface area contributed by atoms with Gasteiger partial charge in [-0.2, -0.15) is 5.26 Å². The molecule has 1 aliphatic heterocycles. The van der Waals surface area contributed by atoms with Gasteiger partial charge < -0.3 is 19.5 Å². The second-order valence-corrected chi connectivity index (χ2v) is 10.4. The second kappa shape index (κ2) is 10.2. The molecule has 1 saturated heterocycles. The molecule has 0 atom stereocenters. The van der Waals surface area contributed by atoms with E-state index in [4.69, 9.17) is 0 Å². The van der Waals surface area contributed by atoms with Crippen molar-refractivity contribution in [3.05, 3.63) is 83.4 Å². The minimum Gasteiger partial charge on any atom is -0.463 e. The molecule has 2 aromatic heterocycles. The average Bonchev–Trinajstić information content (AvgIpc) is 3.23. The van der Waals surface area contributed by atoms with Crippen LogP contribution >= 0.6 is 0 Å². The first kappa shape index (κ1) is 26.2. The zero-order valence-corrected chi connectivity index (χ0v) is 23.0. The number of carbonyl (C=O) groups is 1. The number of pyridine rings is 1. The van der Waals surface area contributed by atoms with Gasteiger partial charge in [-0.05, 0) is 67.1 Å². The third kappa shape index (κ3) is 4.60. The molecular formula is C31H28FN7O2. The Morgan fingerprint density at radius 2 is 1.78 bits per heavy atom. The number of aryl methyl sites for hydroxylation is 2. The summed E-state index contributed by atoms with van der Waals surface area (Å²) in [5.74, 6) is -0.337. The third-order valence-electron chi connectivity index (χ3n) is 7.78. The summed E-state index contributed by atoms with van der Waals surface area (Å²) < 4.78 is 17.5. The van der Waals surface area contributed by atoms with Gasteiger partial charge in [0.1, 0.15) is 11.9 Å². The monoisotopic (exact) mass is 549 g/mol. The molecule has 6 rings (SSSR count). The minimum absolute atomic E-state index is 0.178. The van der Waals surface area contributed by atoms with E-state index >= 15 is 0 Å². The van der Waals surface area contributed by atoms with Crippen molar-refractivity contribution >= 4 is 33.7 Å². The van der Waals surface area contributed by atoms with Crippen LogP contribution in [0.2, 0.25) is 0 Å². The number of anilines is 1. The summed E-state index contributed by atoms with van der Waals surface area (Å²) >= 11 is 0. The molecule has 0 aliphatic carbocycles. The van der Waals surface area contributed by atoms with Gasteiger partial charge in [0, 0.05) is 38.6 Å². The van der Waals surface area contributed by atoms with Gasteiger partial charge in [0.15, 0.2) is 0 Å². The summed E-state index contributed by atoms with van der Waals surface area (Å²) in [7, 11) is 3.82. The van der Waals surface area contributed by atoms with Gasteiger partial charge in [0.05, 0.1) is 39.7 Å². The summed E-state index contributed by atoms with van der Waals surface area (Å²) in [4.78, 5) is 25.0. The number of carboxylic acid groups (broad SMARTS) is 1. The van der Waals surface area contributed by atoms with Gasteiger partial charge in [-0.3, -0.25) is 9.55 Å². The van der Waals surface area contributed by atoms with E-state index in [2.05, 4.69) is 32.9 Å². The summed E-state index contributed by atoms with van der Waals surface area (Å²) in [5, 5.41) is 20.7. The Bertz CT molecular complexity index is 1960. The smallest absolute Gasteiger partial charge is 0.434 e. The normalized spacial score (nSPS) is 14.6. The molecule has 0 radical (unpaired) electrons. The predicted molar refractivity (Wildman–Crippen MR) is 156 cm³/mol. The van der Waals surface area contributed by atoms with Crippen molar-refractivity contribution in [3.63, 3.8) is 0 Å². The number of fused-ring (bicyclic) bond motifs is 3. The van der Waals surface area contributed by atoms with E-state index in [1.54, 1.807) is 28.4 Å². The Balaban J connectivity index is 1.66. The standard InChI is InChI=1S/C31H28FN7O2/c1-19-13-27(38-11-9-36(2)10-12-38)22(17-33)16-26(19)39-29-24-15-21(20-5-4-6-23(32)14-20)7-8-25(24)34-18-28(29)37(3)30(39)35-31(40)41/h4-8,13-16,18H,9-12H2,1-3H3,(H,40,41)/b35-30+. The predicted octanol–water partition coefficient (Wildman–Crippen LogP) is 4.83. The van der Waals surface area contributed by atoms with E-state index in [-0.39, 0.29) is 11.4 Å². The molecule has 1 amide bonds. The quantitative estimate of drug-likeness (QED) is 0.346. The van der Waals surface area contributed by atoms with Crippen LogP contribution in [0.4, 0.5) is 14.9 Å². The Kier molecular flexibility index (Phi) is 6.52. The molecule has 9 nitrogen and oxygen atoms in total. The van der Waals surface area contributed by atoms with Crippen LogP contribution in [0.1, 0.15) is 11.1 Å². The molecule has 3 aromatic carbocycles. The average molecular weight is 550 g/mol. The number of hydrogen-bond donors (Lipinski definition) is 1. The fourth-order valence-corrected chi connectivity index (χ4v) is 5.61. The molecule has 10 heteroatoms. The van der Waals surface area contributed by atoms with Crippen molar-refractivity contribution in [2.24, 2.45) is 12.0 Å². The summed E-state index contributed by atoms with van der Waals surface area (Å²) in [6, 6.07) is 18.2. The first-order valence-electron chi connectivity index (χ1n) is 13.3. The maximum atomic E-state index is 14.1. The van der Waals surface area contributed by atoms with Crippen molar-refractivity contribution in [2.75, 3.05) is 38.1 Å². The molecule has 0 spiro atoms. The zero-order chi connectivity index (χ0) is 28.8. The Labute approximate surface area is 235 Å². The van der Waals surface area contributed by atoms with Crippen LogP contribution in [0.3, 0.4) is 0 Å². The first-order chi connectivity index (χ1) is 19.7. The molecule has 41 heavy (non-hydrogen) atoms. The largest absolute Gasteiger partial charge is 0.463 e. The number of imidazole rings is 1. The number of halogens is 1. The van der Waals surface area contributed by atoms with Crippen molar-refractivity contribution in [2.45, 2.75) is 6.92 Å². The molecule has 3 heterocycles.